The number of imidazole rings is 1. The molecule has 0 amide bonds. The smallest absolute Gasteiger partial charge is 0.202 e. The fraction of sp³-hybridized carbons (Fsp3) is 0.727. The molecule has 4 heteroatoms. The van der Waals surface area contributed by atoms with Gasteiger partial charge in [-0.25, -0.2) is 4.98 Å². The number of anilines is 1. The largest absolute Gasteiger partial charge is 0.342 e. The number of hydrogen-bond donors (Lipinski definition) is 2. The quantitative estimate of drug-likeness (QED) is 0.783. The van der Waals surface area contributed by atoms with E-state index in [4.69, 9.17) is 5.73 Å². The second-order valence-corrected chi connectivity index (χ2v) is 4.25. The highest BCUT2D eigenvalue weighted by molar-refractivity contribution is 5.31. The van der Waals surface area contributed by atoms with Crippen LogP contribution in [0.4, 0.5) is 5.95 Å². The minimum atomic E-state index is 0.710. The average molecular weight is 208 g/mol. The van der Waals surface area contributed by atoms with Gasteiger partial charge in [-0.3, -0.25) is 0 Å². The maximum atomic E-state index is 5.67. The number of hydrogen-bond acceptors (Lipinski definition) is 3. The van der Waals surface area contributed by atoms with Crippen molar-refractivity contribution in [3.05, 3.63) is 11.9 Å². The lowest BCUT2D eigenvalue weighted by Gasteiger charge is -2.31. The van der Waals surface area contributed by atoms with E-state index < -0.39 is 0 Å². The predicted octanol–water partition coefficient (Wildman–Crippen LogP) is 1.15. The van der Waals surface area contributed by atoms with Crippen LogP contribution in [0.5, 0.6) is 0 Å². The van der Waals surface area contributed by atoms with Gasteiger partial charge in [0.2, 0.25) is 5.95 Å². The molecule has 1 aromatic rings. The summed E-state index contributed by atoms with van der Waals surface area (Å²) >= 11 is 0. The molecule has 1 saturated heterocycles. The van der Waals surface area contributed by atoms with Gasteiger partial charge < -0.3 is 15.6 Å². The first kappa shape index (κ1) is 10.5. The zero-order valence-electron chi connectivity index (χ0n) is 9.37. The molecule has 2 rings (SSSR count). The molecule has 1 aromatic heterocycles. The van der Waals surface area contributed by atoms with Crippen LogP contribution in [0.1, 0.15) is 25.5 Å². The molecule has 0 saturated carbocycles. The summed E-state index contributed by atoms with van der Waals surface area (Å²) in [6.45, 7) is 5.13. The topological polar surface area (TPSA) is 57.9 Å². The number of nitrogens with one attached hydrogen (secondary N) is 1. The van der Waals surface area contributed by atoms with Crippen molar-refractivity contribution in [2.75, 3.05) is 24.5 Å². The number of aryl methyl sites for hydroxylation is 1. The first-order chi connectivity index (χ1) is 7.33. The molecular weight excluding hydrogens is 188 g/mol. The molecule has 2 heterocycles. The number of aromatic amines is 1. The molecule has 0 unspecified atom stereocenters. The molecule has 0 aromatic carbocycles. The van der Waals surface area contributed by atoms with Crippen molar-refractivity contribution in [1.29, 1.82) is 0 Å². The highest BCUT2D eigenvalue weighted by Crippen LogP contribution is 2.20. The lowest BCUT2D eigenvalue weighted by molar-refractivity contribution is 0.411. The van der Waals surface area contributed by atoms with Gasteiger partial charge in [0, 0.05) is 18.8 Å². The van der Waals surface area contributed by atoms with E-state index in [9.17, 15) is 0 Å². The van der Waals surface area contributed by atoms with E-state index in [0.717, 1.165) is 32.0 Å². The van der Waals surface area contributed by atoms with E-state index in [-0.39, 0.29) is 0 Å². The van der Waals surface area contributed by atoms with Crippen LogP contribution < -0.4 is 10.6 Å². The Hall–Kier alpha value is -1.03. The Morgan fingerprint density at radius 3 is 2.80 bits per heavy atom. The van der Waals surface area contributed by atoms with Crippen LogP contribution >= 0.6 is 0 Å². The van der Waals surface area contributed by atoms with E-state index in [0.29, 0.717) is 5.92 Å². The Balaban J connectivity index is 1.95. The van der Waals surface area contributed by atoms with E-state index in [2.05, 4.69) is 21.8 Å². The molecular formula is C11H20N4. The normalized spacial score (nSPS) is 18.4. The number of H-pyrrole nitrogens is 1. The van der Waals surface area contributed by atoms with Crippen LogP contribution in [0.3, 0.4) is 0 Å². The Labute approximate surface area is 90.9 Å². The summed E-state index contributed by atoms with van der Waals surface area (Å²) in [7, 11) is 0. The average Bonchev–Trinajstić information content (AvgIpc) is 2.78. The van der Waals surface area contributed by atoms with Crippen molar-refractivity contribution in [3.63, 3.8) is 0 Å². The summed E-state index contributed by atoms with van der Waals surface area (Å²) in [5.41, 5.74) is 6.88. The van der Waals surface area contributed by atoms with Crippen LogP contribution in [0.2, 0.25) is 0 Å². The van der Waals surface area contributed by atoms with Gasteiger partial charge in [-0.1, -0.05) is 6.92 Å². The number of aromatic nitrogens is 2. The summed E-state index contributed by atoms with van der Waals surface area (Å²) in [4.78, 5) is 10.1. The van der Waals surface area contributed by atoms with Crippen LogP contribution in [-0.4, -0.2) is 29.6 Å². The van der Waals surface area contributed by atoms with Gasteiger partial charge >= 0.3 is 0 Å². The maximum absolute atomic E-state index is 5.67. The Bertz CT molecular complexity index is 299. The van der Waals surface area contributed by atoms with E-state index in [1.54, 1.807) is 0 Å². The van der Waals surface area contributed by atoms with E-state index in [1.807, 2.05) is 6.20 Å². The van der Waals surface area contributed by atoms with Crippen LogP contribution in [0.15, 0.2) is 6.20 Å². The van der Waals surface area contributed by atoms with Gasteiger partial charge in [-0.15, -0.1) is 0 Å². The van der Waals surface area contributed by atoms with Crippen molar-refractivity contribution in [2.45, 2.75) is 26.2 Å². The first-order valence-corrected chi connectivity index (χ1v) is 5.82. The van der Waals surface area contributed by atoms with Crippen LogP contribution in [-0.2, 0) is 6.42 Å². The number of nitrogens with zero attached hydrogens (tertiary/aromatic N) is 2. The standard InChI is InChI=1S/C11H20N4/c1-2-10-8-13-11(14-10)15-5-3-9(7-12)4-6-15/h8-9H,2-7,12H2,1H3,(H,13,14). The van der Waals surface area contributed by atoms with E-state index in [1.165, 1.54) is 18.5 Å². The monoisotopic (exact) mass is 208 g/mol. The van der Waals surface area contributed by atoms with Gasteiger partial charge in [0.05, 0.1) is 6.20 Å². The molecule has 1 aliphatic heterocycles. The lowest BCUT2D eigenvalue weighted by atomic mass is 9.97. The number of nitrogens with two attached hydrogens (primary N) is 1. The molecule has 0 radical (unpaired) electrons. The summed E-state index contributed by atoms with van der Waals surface area (Å²) < 4.78 is 0. The van der Waals surface area contributed by atoms with Gasteiger partial charge in [-0.05, 0) is 31.7 Å². The molecule has 1 fully saturated rings. The minimum absolute atomic E-state index is 0.710. The number of rotatable bonds is 3. The van der Waals surface area contributed by atoms with Gasteiger partial charge in [0.25, 0.3) is 0 Å². The molecule has 1 aliphatic rings. The summed E-state index contributed by atoms with van der Waals surface area (Å²) in [6, 6.07) is 0. The lowest BCUT2D eigenvalue weighted by Crippen LogP contribution is -2.36. The fourth-order valence-electron chi connectivity index (χ4n) is 2.07. The zero-order valence-corrected chi connectivity index (χ0v) is 9.37. The van der Waals surface area contributed by atoms with E-state index >= 15 is 0 Å². The molecule has 0 bridgehead atoms. The summed E-state index contributed by atoms with van der Waals surface area (Å²) in [5, 5.41) is 0. The summed E-state index contributed by atoms with van der Waals surface area (Å²) in [5.74, 6) is 1.74. The third-order valence-corrected chi connectivity index (χ3v) is 3.24. The van der Waals surface area contributed by atoms with Gasteiger partial charge in [0.1, 0.15) is 0 Å². The third kappa shape index (κ3) is 2.31. The SMILES string of the molecule is CCc1cnc(N2CCC(CN)CC2)[nH]1. The second kappa shape index (κ2) is 4.66. The van der Waals surface area contributed by atoms with Gasteiger partial charge in [-0.2, -0.15) is 0 Å². The maximum Gasteiger partial charge on any atom is 0.202 e. The molecule has 3 N–H and O–H groups in total. The van der Waals surface area contributed by atoms with Gasteiger partial charge in [0.15, 0.2) is 0 Å². The van der Waals surface area contributed by atoms with Crippen molar-refractivity contribution in [2.24, 2.45) is 11.7 Å². The Morgan fingerprint density at radius 2 is 2.27 bits per heavy atom. The minimum Gasteiger partial charge on any atom is -0.342 e. The van der Waals surface area contributed by atoms with Crippen LogP contribution in [0.25, 0.3) is 0 Å². The third-order valence-electron chi connectivity index (χ3n) is 3.24. The molecule has 84 valence electrons. The van der Waals surface area contributed by atoms with Crippen molar-refractivity contribution < 1.29 is 0 Å². The number of piperidine rings is 1. The predicted molar refractivity (Wildman–Crippen MR) is 62.0 cm³/mol. The zero-order chi connectivity index (χ0) is 10.7. The fourth-order valence-corrected chi connectivity index (χ4v) is 2.07. The molecule has 15 heavy (non-hydrogen) atoms. The highest BCUT2D eigenvalue weighted by Gasteiger charge is 2.19. The molecule has 0 atom stereocenters. The molecule has 0 aliphatic carbocycles. The van der Waals surface area contributed by atoms with Crippen molar-refractivity contribution in [1.82, 2.24) is 9.97 Å². The second-order valence-electron chi connectivity index (χ2n) is 4.25. The van der Waals surface area contributed by atoms with Crippen LogP contribution in [0, 0.1) is 5.92 Å². The molecule has 0 spiro atoms. The van der Waals surface area contributed by atoms with Crippen molar-refractivity contribution in [3.8, 4) is 0 Å². The first-order valence-electron chi connectivity index (χ1n) is 5.82. The Morgan fingerprint density at radius 1 is 1.53 bits per heavy atom. The van der Waals surface area contributed by atoms with Crippen molar-refractivity contribution >= 4 is 5.95 Å². The molecule has 4 nitrogen and oxygen atoms in total. The summed E-state index contributed by atoms with van der Waals surface area (Å²) in [6.07, 6.45) is 5.34. The highest BCUT2D eigenvalue weighted by atomic mass is 15.3. The Kier molecular flexibility index (Phi) is 3.26.